The van der Waals surface area contributed by atoms with Crippen LogP contribution >= 0.6 is 0 Å². The number of rotatable bonds is 4. The minimum absolute atomic E-state index is 0.153. The number of hydrogen-bond donors (Lipinski definition) is 0. The number of hydrogen-bond acceptors (Lipinski definition) is 6. The van der Waals surface area contributed by atoms with E-state index >= 15 is 0 Å². The summed E-state index contributed by atoms with van der Waals surface area (Å²) in [6.07, 6.45) is 3.69. The monoisotopic (exact) mass is 308 g/mol. The fourth-order valence-electron chi connectivity index (χ4n) is 2.56. The molecule has 1 aliphatic rings. The first kappa shape index (κ1) is 16.3. The molecule has 0 atom stereocenters. The first-order chi connectivity index (χ1) is 10.5. The number of benzene rings is 1. The molecule has 0 aromatic heterocycles. The van der Waals surface area contributed by atoms with E-state index in [2.05, 4.69) is 14.8 Å². The Morgan fingerprint density at radius 2 is 1.59 bits per heavy atom. The summed E-state index contributed by atoms with van der Waals surface area (Å²) in [7, 11) is 0. The lowest BCUT2D eigenvalue weighted by Crippen LogP contribution is -2.22. The lowest BCUT2D eigenvalue weighted by molar-refractivity contribution is -0.453. The molecule has 1 aliphatic carbocycles. The summed E-state index contributed by atoms with van der Waals surface area (Å²) in [4.78, 5) is 31.8. The zero-order valence-electron chi connectivity index (χ0n) is 12.8. The van der Waals surface area contributed by atoms with Crippen LogP contribution in [-0.4, -0.2) is 18.2 Å². The molecule has 0 aliphatic heterocycles. The molecule has 0 bridgehead atoms. The van der Waals surface area contributed by atoms with Crippen LogP contribution in [0.25, 0.3) is 0 Å². The minimum Gasteiger partial charge on any atom is -0.429 e. The van der Waals surface area contributed by atoms with E-state index < -0.39 is 12.1 Å². The third kappa shape index (κ3) is 5.04. The largest absolute Gasteiger partial charge is 0.543 e. The molecule has 22 heavy (non-hydrogen) atoms. The average Bonchev–Trinajstić information content (AvgIpc) is 2.47. The first-order valence-electron chi connectivity index (χ1n) is 7.39. The van der Waals surface area contributed by atoms with Gasteiger partial charge >= 0.3 is 12.1 Å². The average molecular weight is 308 g/mol. The molecule has 6 nitrogen and oxygen atoms in total. The maximum absolute atomic E-state index is 11.7. The maximum atomic E-state index is 11.7. The summed E-state index contributed by atoms with van der Waals surface area (Å²) in [5.41, 5.74) is 2.16. The predicted molar refractivity (Wildman–Crippen MR) is 76.9 cm³/mol. The lowest BCUT2D eigenvalue weighted by atomic mass is 9.98. The molecular weight excluding hydrogens is 288 g/mol. The Morgan fingerprint density at radius 1 is 0.955 bits per heavy atom. The van der Waals surface area contributed by atoms with Crippen molar-refractivity contribution in [3.05, 3.63) is 34.9 Å². The molecule has 1 aromatic rings. The SMILES string of the molecule is Cc1cc(C)cc(C(=O)OOOC(=O)OC2CCCCC2)c1. The second-order valence-corrected chi connectivity index (χ2v) is 5.53. The van der Waals surface area contributed by atoms with Gasteiger partial charge in [0.1, 0.15) is 6.10 Å². The molecule has 0 unspecified atom stereocenters. The second-order valence-electron chi connectivity index (χ2n) is 5.53. The topological polar surface area (TPSA) is 71.1 Å². The van der Waals surface area contributed by atoms with Crippen molar-refractivity contribution in [1.82, 2.24) is 0 Å². The third-order valence-corrected chi connectivity index (χ3v) is 3.48. The standard InChI is InChI=1S/C16H20O6/c1-11-8-12(2)10-13(9-11)15(17)20-22-21-16(18)19-14-6-4-3-5-7-14/h8-10,14H,3-7H2,1-2H3. The van der Waals surface area contributed by atoms with Gasteiger partial charge in [0.15, 0.2) is 0 Å². The fraction of sp³-hybridized carbons (Fsp3) is 0.500. The molecule has 120 valence electrons. The minimum atomic E-state index is -1.000. The van der Waals surface area contributed by atoms with Gasteiger partial charge in [0.25, 0.3) is 0 Å². The molecule has 6 heteroatoms. The van der Waals surface area contributed by atoms with Crippen LogP contribution in [0.15, 0.2) is 18.2 Å². The molecule has 1 fully saturated rings. The quantitative estimate of drug-likeness (QED) is 0.479. The van der Waals surface area contributed by atoms with Crippen LogP contribution in [0.3, 0.4) is 0 Å². The highest BCUT2D eigenvalue weighted by Gasteiger charge is 2.20. The third-order valence-electron chi connectivity index (χ3n) is 3.48. The smallest absolute Gasteiger partial charge is 0.429 e. The van der Waals surface area contributed by atoms with Crippen LogP contribution in [0.1, 0.15) is 53.6 Å². The van der Waals surface area contributed by atoms with E-state index in [-0.39, 0.29) is 6.10 Å². The van der Waals surface area contributed by atoms with Gasteiger partial charge in [-0.05, 0) is 51.7 Å². The zero-order chi connectivity index (χ0) is 15.9. The van der Waals surface area contributed by atoms with Gasteiger partial charge in [0.05, 0.1) is 10.6 Å². The molecular formula is C16H20O6. The van der Waals surface area contributed by atoms with Gasteiger partial charge in [-0.1, -0.05) is 23.6 Å². The Bertz CT molecular complexity index is 513. The van der Waals surface area contributed by atoms with E-state index in [1.54, 1.807) is 12.1 Å². The molecule has 0 heterocycles. The summed E-state index contributed by atoms with van der Waals surface area (Å²) >= 11 is 0. The molecule has 0 radical (unpaired) electrons. The van der Waals surface area contributed by atoms with Gasteiger partial charge < -0.3 is 4.74 Å². The van der Waals surface area contributed by atoms with Crippen molar-refractivity contribution in [2.45, 2.75) is 52.1 Å². The Balaban J connectivity index is 1.73. The number of carbonyl (C=O) groups excluding carboxylic acids is 2. The Hall–Kier alpha value is -2.08. The number of carbonyl (C=O) groups is 2. The van der Waals surface area contributed by atoms with Crippen molar-refractivity contribution >= 4 is 12.1 Å². The van der Waals surface area contributed by atoms with Crippen LogP contribution in [0, 0.1) is 13.8 Å². The normalized spacial score (nSPS) is 15.2. The van der Waals surface area contributed by atoms with E-state index in [4.69, 9.17) is 4.74 Å². The predicted octanol–water partition coefficient (Wildman–Crippen LogP) is 3.79. The van der Waals surface area contributed by atoms with Crippen molar-refractivity contribution in [2.75, 3.05) is 0 Å². The van der Waals surface area contributed by atoms with Gasteiger partial charge in [0.2, 0.25) is 0 Å². The van der Waals surface area contributed by atoms with E-state index in [0.29, 0.717) is 5.56 Å². The van der Waals surface area contributed by atoms with E-state index in [1.165, 1.54) is 0 Å². The Morgan fingerprint density at radius 3 is 2.23 bits per heavy atom. The van der Waals surface area contributed by atoms with E-state index in [0.717, 1.165) is 43.2 Å². The van der Waals surface area contributed by atoms with Gasteiger partial charge in [0, 0.05) is 0 Å². The highest BCUT2D eigenvalue weighted by Crippen LogP contribution is 2.20. The van der Waals surface area contributed by atoms with Crippen molar-refractivity contribution in [3.63, 3.8) is 0 Å². The zero-order valence-corrected chi connectivity index (χ0v) is 12.8. The van der Waals surface area contributed by atoms with Gasteiger partial charge in [-0.15, -0.1) is 0 Å². The summed E-state index contributed by atoms with van der Waals surface area (Å²) in [6, 6.07) is 5.23. The maximum Gasteiger partial charge on any atom is 0.543 e. The molecule has 2 rings (SSSR count). The molecule has 1 aromatic carbocycles. The van der Waals surface area contributed by atoms with Crippen LogP contribution in [0.2, 0.25) is 0 Å². The summed E-state index contributed by atoms with van der Waals surface area (Å²) in [5.74, 6) is -0.739. The van der Waals surface area contributed by atoms with Crippen LogP contribution in [0.5, 0.6) is 0 Å². The fourth-order valence-corrected chi connectivity index (χ4v) is 2.56. The molecule has 0 N–H and O–H groups in total. The summed E-state index contributed by atoms with van der Waals surface area (Å²) in [6.45, 7) is 3.73. The van der Waals surface area contributed by atoms with Crippen molar-refractivity contribution in [1.29, 1.82) is 0 Å². The highest BCUT2D eigenvalue weighted by molar-refractivity contribution is 5.89. The molecule has 1 saturated carbocycles. The summed E-state index contributed by atoms with van der Waals surface area (Å²) in [5, 5.41) is 4.21. The first-order valence-corrected chi connectivity index (χ1v) is 7.39. The van der Waals surface area contributed by atoms with Crippen molar-refractivity contribution in [2.24, 2.45) is 0 Å². The Kier molecular flexibility index (Phi) is 5.77. The van der Waals surface area contributed by atoms with E-state index in [9.17, 15) is 9.59 Å². The summed E-state index contributed by atoms with van der Waals surface area (Å²) < 4.78 is 5.04. The van der Waals surface area contributed by atoms with Gasteiger partial charge in [-0.3, -0.25) is 4.89 Å². The number of ether oxygens (including phenoxy) is 1. The van der Waals surface area contributed by atoms with Crippen LogP contribution < -0.4 is 0 Å². The van der Waals surface area contributed by atoms with Gasteiger partial charge in [-0.25, -0.2) is 14.5 Å². The highest BCUT2D eigenvalue weighted by atomic mass is 17.5. The molecule has 0 amide bonds. The van der Waals surface area contributed by atoms with E-state index in [1.807, 2.05) is 19.9 Å². The van der Waals surface area contributed by atoms with Crippen LogP contribution in [-0.2, 0) is 19.6 Å². The van der Waals surface area contributed by atoms with Crippen LogP contribution in [0.4, 0.5) is 4.79 Å². The lowest BCUT2D eigenvalue weighted by Gasteiger charge is -2.20. The van der Waals surface area contributed by atoms with Crippen molar-refractivity contribution < 1.29 is 29.1 Å². The Labute approximate surface area is 129 Å². The molecule has 0 spiro atoms. The molecule has 0 saturated heterocycles. The number of aryl methyl sites for hydroxylation is 2. The van der Waals surface area contributed by atoms with Gasteiger partial charge in [-0.2, -0.15) is 0 Å². The second kappa shape index (κ2) is 7.79. The van der Waals surface area contributed by atoms with Crippen molar-refractivity contribution in [3.8, 4) is 0 Å².